The van der Waals surface area contributed by atoms with E-state index < -0.39 is 0 Å². The molecule has 2 aliphatic rings. The van der Waals surface area contributed by atoms with Crippen molar-refractivity contribution < 1.29 is 0 Å². The Hall–Kier alpha value is -6.44. The average molecular weight is 762 g/mol. The van der Waals surface area contributed by atoms with Crippen LogP contribution in [0.15, 0.2) is 158 Å². The van der Waals surface area contributed by atoms with Crippen molar-refractivity contribution in [1.29, 1.82) is 0 Å². The molecule has 1 heteroatoms. The second-order valence-electron chi connectivity index (χ2n) is 18.1. The molecule has 0 saturated heterocycles. The van der Waals surface area contributed by atoms with Crippen molar-refractivity contribution >= 4 is 74.0 Å². The third kappa shape index (κ3) is 7.32. The first-order chi connectivity index (χ1) is 28.6. The summed E-state index contributed by atoms with van der Waals surface area (Å²) < 4.78 is 0. The topological polar surface area (TPSA) is 3.24 Å². The average Bonchev–Trinajstić information content (AvgIpc) is 3.26. The van der Waals surface area contributed by atoms with Gasteiger partial charge in [0.25, 0.3) is 0 Å². The standard InChI is InChI=1S/C58H51N/c1-57(2)28-30-59-31-29-58(3,4)55-38-44(37-54(57)56(55)59)17-16-42-19-23-48-32-40(18-22-49(48)34-42)14-15-41-20-24-51-35-43(21-25-50(51)33-41)36-53(46-11-6-5-7-12-46)52-27-26-45-10-8-9-13-47(45)39-52/h5-27,32-39H,28-31H2,1-4H3. The molecule has 2 aliphatic heterocycles. The lowest BCUT2D eigenvalue weighted by molar-refractivity contribution is 0.401. The van der Waals surface area contributed by atoms with Gasteiger partial charge in [-0.1, -0.05) is 167 Å². The molecule has 8 aromatic rings. The summed E-state index contributed by atoms with van der Waals surface area (Å²) in [6.45, 7) is 12.0. The van der Waals surface area contributed by atoms with Gasteiger partial charge < -0.3 is 4.90 Å². The number of anilines is 1. The summed E-state index contributed by atoms with van der Waals surface area (Å²) in [6.07, 6.45) is 13.8. The molecule has 0 fully saturated rings. The van der Waals surface area contributed by atoms with Crippen molar-refractivity contribution in [3.63, 3.8) is 0 Å². The highest BCUT2D eigenvalue weighted by molar-refractivity contribution is 5.97. The number of hydrogen-bond donors (Lipinski definition) is 0. The number of fused-ring (bicyclic) bond motifs is 3. The lowest BCUT2D eigenvalue weighted by Gasteiger charge is -2.48. The van der Waals surface area contributed by atoms with Crippen molar-refractivity contribution in [2.45, 2.75) is 51.4 Å². The number of hydrogen-bond acceptors (Lipinski definition) is 1. The van der Waals surface area contributed by atoms with Crippen LogP contribution in [0.1, 0.15) is 90.6 Å². The Balaban J connectivity index is 0.876. The Morgan fingerprint density at radius 2 is 0.847 bits per heavy atom. The van der Waals surface area contributed by atoms with E-state index in [2.05, 4.69) is 221 Å². The molecule has 2 heterocycles. The highest BCUT2D eigenvalue weighted by Crippen LogP contribution is 2.49. The summed E-state index contributed by atoms with van der Waals surface area (Å²) in [5.41, 5.74) is 14.7. The van der Waals surface area contributed by atoms with E-state index in [1.165, 1.54) is 120 Å². The fourth-order valence-electron chi connectivity index (χ4n) is 9.38. The quantitative estimate of drug-likeness (QED) is 0.146. The van der Waals surface area contributed by atoms with Crippen LogP contribution in [0.3, 0.4) is 0 Å². The number of benzene rings is 8. The van der Waals surface area contributed by atoms with E-state index in [1.54, 1.807) is 0 Å². The first kappa shape index (κ1) is 36.9. The van der Waals surface area contributed by atoms with E-state index in [4.69, 9.17) is 0 Å². The van der Waals surface area contributed by atoms with Gasteiger partial charge in [0, 0.05) is 18.8 Å². The van der Waals surface area contributed by atoms with Gasteiger partial charge in [-0.3, -0.25) is 0 Å². The van der Waals surface area contributed by atoms with Gasteiger partial charge in [0.1, 0.15) is 0 Å². The Morgan fingerprint density at radius 1 is 0.407 bits per heavy atom. The van der Waals surface area contributed by atoms with Crippen LogP contribution < -0.4 is 4.90 Å². The molecule has 0 aliphatic carbocycles. The fraction of sp³-hybridized carbons (Fsp3) is 0.172. The minimum absolute atomic E-state index is 0.191. The van der Waals surface area contributed by atoms with Crippen molar-refractivity contribution in [3.8, 4) is 0 Å². The summed E-state index contributed by atoms with van der Waals surface area (Å²) in [5.74, 6) is 0. The van der Waals surface area contributed by atoms with Gasteiger partial charge in [0.05, 0.1) is 0 Å². The van der Waals surface area contributed by atoms with E-state index >= 15 is 0 Å². The first-order valence-corrected chi connectivity index (χ1v) is 21.3. The maximum atomic E-state index is 2.65. The van der Waals surface area contributed by atoms with Crippen LogP contribution in [0.4, 0.5) is 5.69 Å². The molecule has 0 unspecified atom stereocenters. The minimum Gasteiger partial charge on any atom is -0.371 e. The molecule has 0 N–H and O–H groups in total. The van der Waals surface area contributed by atoms with E-state index in [1.807, 2.05) is 0 Å². The van der Waals surface area contributed by atoms with E-state index in [0.717, 1.165) is 0 Å². The van der Waals surface area contributed by atoms with Gasteiger partial charge in [-0.25, -0.2) is 0 Å². The Kier molecular flexibility index (Phi) is 9.21. The van der Waals surface area contributed by atoms with Crippen LogP contribution in [0.2, 0.25) is 0 Å². The van der Waals surface area contributed by atoms with E-state index in [0.29, 0.717) is 0 Å². The Bertz CT molecular complexity index is 2950. The van der Waals surface area contributed by atoms with Gasteiger partial charge in [-0.05, 0) is 160 Å². The second kappa shape index (κ2) is 14.7. The normalized spacial score (nSPS) is 16.1. The predicted octanol–water partition coefficient (Wildman–Crippen LogP) is 15.2. The fourth-order valence-corrected chi connectivity index (χ4v) is 9.38. The van der Waals surface area contributed by atoms with Crippen LogP contribution in [-0.4, -0.2) is 13.1 Å². The summed E-state index contributed by atoms with van der Waals surface area (Å²) in [6, 6.07) is 58.2. The molecule has 0 bridgehead atoms. The van der Waals surface area contributed by atoms with Gasteiger partial charge in [-0.2, -0.15) is 0 Å². The largest absolute Gasteiger partial charge is 0.371 e. The third-order valence-corrected chi connectivity index (χ3v) is 13.1. The zero-order valence-corrected chi connectivity index (χ0v) is 34.7. The third-order valence-electron chi connectivity index (χ3n) is 13.1. The summed E-state index contributed by atoms with van der Waals surface area (Å²) in [5, 5.41) is 7.49. The maximum absolute atomic E-state index is 2.65. The van der Waals surface area contributed by atoms with Gasteiger partial charge in [-0.15, -0.1) is 0 Å². The predicted molar refractivity (Wildman–Crippen MR) is 257 cm³/mol. The molecule has 0 atom stereocenters. The first-order valence-electron chi connectivity index (χ1n) is 21.3. The SMILES string of the molecule is CC1(C)CCN2CCC(C)(C)c3cc(C=Cc4ccc5cc(C=Cc6ccc7cc(C=C(c8ccccc8)c8ccc9ccccc9c8)ccc7c6)ccc5c4)cc1c32. The molecule has 8 aromatic carbocycles. The lowest BCUT2D eigenvalue weighted by atomic mass is 9.69. The molecule has 1 nitrogen and oxygen atoms in total. The zero-order chi connectivity index (χ0) is 40.1. The molecule has 59 heavy (non-hydrogen) atoms. The van der Waals surface area contributed by atoms with Crippen LogP contribution in [0.5, 0.6) is 0 Å². The summed E-state index contributed by atoms with van der Waals surface area (Å²) in [4.78, 5) is 2.65. The van der Waals surface area contributed by atoms with Crippen molar-refractivity contribution in [3.05, 3.63) is 208 Å². The van der Waals surface area contributed by atoms with Crippen molar-refractivity contribution in [2.24, 2.45) is 0 Å². The smallest absolute Gasteiger partial charge is 0.0442 e. The molecule has 0 aromatic heterocycles. The number of rotatable bonds is 7. The Morgan fingerprint density at radius 3 is 1.41 bits per heavy atom. The van der Waals surface area contributed by atoms with E-state index in [-0.39, 0.29) is 10.8 Å². The lowest BCUT2D eigenvalue weighted by Crippen LogP contribution is -2.44. The molecule has 0 amide bonds. The van der Waals surface area contributed by atoms with Crippen LogP contribution in [-0.2, 0) is 10.8 Å². The molecule has 288 valence electrons. The van der Waals surface area contributed by atoms with Crippen molar-refractivity contribution in [2.75, 3.05) is 18.0 Å². The molecule has 0 radical (unpaired) electrons. The van der Waals surface area contributed by atoms with Crippen LogP contribution in [0, 0.1) is 0 Å². The van der Waals surface area contributed by atoms with Crippen LogP contribution in [0.25, 0.3) is 68.3 Å². The molecule has 0 spiro atoms. The molecular formula is C58H51N. The zero-order valence-electron chi connectivity index (χ0n) is 34.7. The molecular weight excluding hydrogens is 711 g/mol. The van der Waals surface area contributed by atoms with Gasteiger partial charge in [0.2, 0.25) is 0 Å². The van der Waals surface area contributed by atoms with Crippen LogP contribution >= 0.6 is 0 Å². The Labute approximate surface area is 349 Å². The minimum atomic E-state index is 0.191. The van der Waals surface area contributed by atoms with Gasteiger partial charge in [0.15, 0.2) is 0 Å². The van der Waals surface area contributed by atoms with E-state index in [9.17, 15) is 0 Å². The summed E-state index contributed by atoms with van der Waals surface area (Å²) in [7, 11) is 0. The van der Waals surface area contributed by atoms with Gasteiger partial charge >= 0.3 is 0 Å². The molecule has 0 saturated carbocycles. The molecule has 10 rings (SSSR count). The van der Waals surface area contributed by atoms with Crippen molar-refractivity contribution in [1.82, 2.24) is 0 Å². The monoisotopic (exact) mass is 761 g/mol. The summed E-state index contributed by atoms with van der Waals surface area (Å²) >= 11 is 0. The maximum Gasteiger partial charge on any atom is 0.0442 e. The highest BCUT2D eigenvalue weighted by atomic mass is 15.2. The number of nitrogens with zero attached hydrogens (tertiary/aromatic N) is 1. The highest BCUT2D eigenvalue weighted by Gasteiger charge is 2.39. The second-order valence-corrected chi connectivity index (χ2v) is 18.1.